The number of rotatable bonds is 3. The Morgan fingerprint density at radius 3 is 2.23 bits per heavy atom. The summed E-state index contributed by atoms with van der Waals surface area (Å²) in [6.07, 6.45) is 4.24. The maximum atomic E-state index is 5.97. The van der Waals surface area contributed by atoms with Gasteiger partial charge in [-0.1, -0.05) is 36.4 Å². The van der Waals surface area contributed by atoms with E-state index in [1.54, 1.807) is 0 Å². The van der Waals surface area contributed by atoms with Crippen LogP contribution in [0.1, 0.15) is 11.8 Å². The Hall–Kier alpha value is -2.52. The predicted octanol–water partition coefficient (Wildman–Crippen LogP) is 4.01. The average Bonchev–Trinajstić information content (AvgIpc) is 3.25. The lowest BCUT2D eigenvalue weighted by atomic mass is 10.2. The van der Waals surface area contributed by atoms with Gasteiger partial charge >= 0.3 is 0 Å². The summed E-state index contributed by atoms with van der Waals surface area (Å²) < 4.78 is 8.11. The van der Waals surface area contributed by atoms with E-state index in [0.717, 1.165) is 18.8 Å². The van der Waals surface area contributed by atoms with Gasteiger partial charge in [0.25, 0.3) is 0 Å². The Balaban J connectivity index is 1.63. The van der Waals surface area contributed by atoms with E-state index >= 15 is 0 Å². The van der Waals surface area contributed by atoms with Crippen molar-refractivity contribution in [2.45, 2.75) is 6.23 Å². The van der Waals surface area contributed by atoms with Crippen LogP contribution >= 0.6 is 0 Å². The molecule has 0 saturated carbocycles. The first kappa shape index (κ1) is 13.2. The van der Waals surface area contributed by atoms with Crippen LogP contribution in [0.4, 0.5) is 5.69 Å². The van der Waals surface area contributed by atoms with Crippen molar-refractivity contribution in [3.8, 4) is 5.69 Å². The van der Waals surface area contributed by atoms with E-state index in [9.17, 15) is 0 Å². The molecule has 22 heavy (non-hydrogen) atoms. The summed E-state index contributed by atoms with van der Waals surface area (Å²) in [5.41, 5.74) is 3.56. The monoisotopic (exact) mass is 290 g/mol. The van der Waals surface area contributed by atoms with Crippen LogP contribution < -0.4 is 4.90 Å². The van der Waals surface area contributed by atoms with Crippen LogP contribution in [-0.2, 0) is 4.74 Å². The molecule has 1 fully saturated rings. The second-order valence-corrected chi connectivity index (χ2v) is 5.44. The van der Waals surface area contributed by atoms with Gasteiger partial charge in [-0.2, -0.15) is 0 Å². The Morgan fingerprint density at radius 1 is 0.818 bits per heavy atom. The zero-order valence-electron chi connectivity index (χ0n) is 12.3. The minimum absolute atomic E-state index is 0.00707. The van der Waals surface area contributed by atoms with Crippen molar-refractivity contribution in [1.29, 1.82) is 0 Å². The van der Waals surface area contributed by atoms with E-state index in [4.69, 9.17) is 4.74 Å². The van der Waals surface area contributed by atoms with Crippen LogP contribution in [0.2, 0.25) is 0 Å². The van der Waals surface area contributed by atoms with Gasteiger partial charge in [-0.05, 0) is 30.3 Å². The van der Waals surface area contributed by atoms with Gasteiger partial charge in [0.15, 0.2) is 6.23 Å². The molecule has 3 nitrogen and oxygen atoms in total. The van der Waals surface area contributed by atoms with Gasteiger partial charge in [0, 0.05) is 35.9 Å². The standard InChI is InChI=1S/C19H18N2O/c1-3-7-17(8-4-1)20-12-11-16(15-20)19-21(13-14-22-19)18-9-5-2-6-10-18/h1-12,15,19H,13-14H2. The van der Waals surface area contributed by atoms with Crippen molar-refractivity contribution < 1.29 is 4.74 Å². The largest absolute Gasteiger partial charge is 0.352 e. The highest BCUT2D eigenvalue weighted by atomic mass is 16.5. The number of hydrogen-bond donors (Lipinski definition) is 0. The Morgan fingerprint density at radius 2 is 1.50 bits per heavy atom. The molecule has 2 heterocycles. The quantitative estimate of drug-likeness (QED) is 0.725. The summed E-state index contributed by atoms with van der Waals surface area (Å²) in [5, 5.41) is 0. The molecule has 0 aliphatic carbocycles. The molecule has 1 saturated heterocycles. The van der Waals surface area contributed by atoms with Gasteiger partial charge in [0.1, 0.15) is 0 Å². The van der Waals surface area contributed by atoms with Gasteiger partial charge in [-0.25, -0.2) is 0 Å². The summed E-state index contributed by atoms with van der Waals surface area (Å²) in [5.74, 6) is 0. The van der Waals surface area contributed by atoms with Crippen LogP contribution in [0.25, 0.3) is 5.69 Å². The number of benzene rings is 2. The van der Waals surface area contributed by atoms with Gasteiger partial charge < -0.3 is 14.2 Å². The Kier molecular flexibility index (Phi) is 3.41. The third kappa shape index (κ3) is 2.40. The molecule has 0 spiro atoms. The van der Waals surface area contributed by atoms with E-state index in [1.807, 2.05) is 12.1 Å². The Labute approximate surface area is 130 Å². The summed E-state index contributed by atoms with van der Waals surface area (Å²) >= 11 is 0. The molecule has 3 heteroatoms. The second kappa shape index (κ2) is 5.70. The lowest BCUT2D eigenvalue weighted by molar-refractivity contribution is 0.114. The molecule has 3 aromatic rings. The fourth-order valence-corrected chi connectivity index (χ4v) is 2.95. The molecule has 0 radical (unpaired) electrons. The molecule has 1 aliphatic heterocycles. The number of anilines is 1. The second-order valence-electron chi connectivity index (χ2n) is 5.44. The minimum atomic E-state index is -0.00707. The van der Waals surface area contributed by atoms with Crippen molar-refractivity contribution in [2.75, 3.05) is 18.1 Å². The fourth-order valence-electron chi connectivity index (χ4n) is 2.95. The van der Waals surface area contributed by atoms with Gasteiger partial charge in [0.05, 0.1) is 6.61 Å². The van der Waals surface area contributed by atoms with Crippen molar-refractivity contribution in [3.05, 3.63) is 84.7 Å². The smallest absolute Gasteiger partial charge is 0.158 e. The maximum absolute atomic E-state index is 5.97. The fraction of sp³-hybridized carbons (Fsp3) is 0.158. The van der Waals surface area contributed by atoms with E-state index in [1.165, 1.54) is 11.3 Å². The molecule has 1 atom stereocenters. The van der Waals surface area contributed by atoms with E-state index < -0.39 is 0 Å². The molecule has 0 N–H and O–H groups in total. The van der Waals surface area contributed by atoms with Crippen molar-refractivity contribution in [2.24, 2.45) is 0 Å². The zero-order valence-corrected chi connectivity index (χ0v) is 12.3. The molecule has 1 aromatic heterocycles. The summed E-state index contributed by atoms with van der Waals surface area (Å²) in [4.78, 5) is 2.31. The van der Waals surface area contributed by atoms with E-state index in [0.29, 0.717) is 0 Å². The molecule has 110 valence electrons. The lowest BCUT2D eigenvalue weighted by Gasteiger charge is -2.24. The average molecular weight is 290 g/mol. The highest BCUT2D eigenvalue weighted by Gasteiger charge is 2.27. The summed E-state index contributed by atoms with van der Waals surface area (Å²) in [7, 11) is 0. The maximum Gasteiger partial charge on any atom is 0.158 e. The topological polar surface area (TPSA) is 17.4 Å². The van der Waals surface area contributed by atoms with Gasteiger partial charge in [0.2, 0.25) is 0 Å². The van der Waals surface area contributed by atoms with Crippen LogP contribution in [0, 0.1) is 0 Å². The SMILES string of the molecule is c1ccc(N2CCOC2c2ccn(-c3ccccc3)c2)cc1. The minimum Gasteiger partial charge on any atom is -0.352 e. The first-order valence-electron chi connectivity index (χ1n) is 7.58. The van der Waals surface area contributed by atoms with Crippen LogP contribution in [0.3, 0.4) is 0 Å². The lowest BCUT2D eigenvalue weighted by Crippen LogP contribution is -2.22. The molecule has 0 amide bonds. The number of ether oxygens (including phenoxy) is 1. The number of para-hydroxylation sites is 2. The third-order valence-electron chi connectivity index (χ3n) is 4.03. The van der Waals surface area contributed by atoms with Crippen LogP contribution in [-0.4, -0.2) is 17.7 Å². The zero-order chi connectivity index (χ0) is 14.8. The Bertz CT molecular complexity index is 736. The molecular formula is C19H18N2O. The molecule has 1 aliphatic rings. The number of nitrogens with zero attached hydrogens (tertiary/aromatic N) is 2. The first-order chi connectivity index (χ1) is 10.9. The van der Waals surface area contributed by atoms with Gasteiger partial charge in [-0.3, -0.25) is 0 Å². The number of aromatic nitrogens is 1. The van der Waals surface area contributed by atoms with Crippen molar-refractivity contribution in [1.82, 2.24) is 4.57 Å². The molecule has 1 unspecified atom stereocenters. The first-order valence-corrected chi connectivity index (χ1v) is 7.58. The third-order valence-corrected chi connectivity index (χ3v) is 4.03. The van der Waals surface area contributed by atoms with Crippen molar-refractivity contribution in [3.63, 3.8) is 0 Å². The van der Waals surface area contributed by atoms with E-state index in [2.05, 4.69) is 76.5 Å². The van der Waals surface area contributed by atoms with Crippen molar-refractivity contribution >= 4 is 5.69 Å². The van der Waals surface area contributed by atoms with Crippen LogP contribution in [0.15, 0.2) is 79.1 Å². The highest BCUT2D eigenvalue weighted by Crippen LogP contribution is 2.32. The van der Waals surface area contributed by atoms with Gasteiger partial charge in [-0.15, -0.1) is 0 Å². The molecular weight excluding hydrogens is 272 g/mol. The van der Waals surface area contributed by atoms with Crippen LogP contribution in [0.5, 0.6) is 0 Å². The van der Waals surface area contributed by atoms with E-state index in [-0.39, 0.29) is 6.23 Å². The molecule has 2 aromatic carbocycles. The molecule has 4 rings (SSSR count). The summed E-state index contributed by atoms with van der Waals surface area (Å²) in [6, 6.07) is 22.9. The predicted molar refractivity (Wildman–Crippen MR) is 88.3 cm³/mol. The normalized spacial score (nSPS) is 17.8. The highest BCUT2D eigenvalue weighted by molar-refractivity contribution is 5.49. The summed E-state index contributed by atoms with van der Waals surface area (Å²) in [6.45, 7) is 1.68. The number of hydrogen-bond acceptors (Lipinski definition) is 2. The molecule has 0 bridgehead atoms.